The molecule has 2 aromatic rings. The highest BCUT2D eigenvalue weighted by molar-refractivity contribution is 6.08. The molecular weight excluding hydrogens is 419 g/mol. The van der Waals surface area contributed by atoms with Crippen LogP contribution in [0.15, 0.2) is 0 Å². The number of urea groups is 1. The molecule has 4 amide bonds. The van der Waals surface area contributed by atoms with Crippen molar-refractivity contribution < 1.29 is 27.6 Å². The summed E-state index contributed by atoms with van der Waals surface area (Å²) in [4.78, 5) is 45.0. The van der Waals surface area contributed by atoms with Crippen LogP contribution < -0.4 is 10.7 Å². The van der Waals surface area contributed by atoms with E-state index in [1.54, 1.807) is 0 Å². The number of hydrazine groups is 1. The number of amides is 4. The molecule has 1 aliphatic carbocycles. The lowest BCUT2D eigenvalue weighted by Crippen LogP contribution is -2.51. The number of carbonyl (C=O) groups excluding carboxylic acids is 3. The zero-order valence-electron chi connectivity index (χ0n) is 16.8. The topological polar surface area (TPSA) is 122 Å². The molecule has 0 radical (unpaired) electrons. The fourth-order valence-electron chi connectivity index (χ4n) is 4.13. The molecule has 0 bridgehead atoms. The van der Waals surface area contributed by atoms with Crippen LogP contribution in [0.25, 0.3) is 5.78 Å². The van der Waals surface area contributed by atoms with Crippen molar-refractivity contribution in [1.29, 1.82) is 0 Å². The van der Waals surface area contributed by atoms with Gasteiger partial charge < -0.3 is 5.32 Å². The number of nitrogens with one attached hydrogen (secondary N) is 2. The largest absolute Gasteiger partial charge is 0.453 e. The number of alkyl halides is 3. The van der Waals surface area contributed by atoms with Crippen molar-refractivity contribution in [3.05, 3.63) is 22.8 Å². The third kappa shape index (κ3) is 3.57. The number of hydrogen-bond donors (Lipinski definition) is 2. The molecule has 1 saturated carbocycles. The molecule has 2 fully saturated rings. The number of fused-ring (bicyclic) bond motifs is 1. The van der Waals surface area contributed by atoms with E-state index < -0.39 is 35.4 Å². The van der Waals surface area contributed by atoms with Gasteiger partial charge in [-0.15, -0.1) is 5.10 Å². The molecule has 1 aliphatic heterocycles. The van der Waals surface area contributed by atoms with E-state index in [1.165, 1.54) is 13.8 Å². The fraction of sp³-hybridized carbons (Fsp3) is 0.556. The predicted molar refractivity (Wildman–Crippen MR) is 98.3 cm³/mol. The van der Waals surface area contributed by atoms with Crippen LogP contribution in [0.3, 0.4) is 0 Å². The summed E-state index contributed by atoms with van der Waals surface area (Å²) in [5.74, 6) is -2.75. The highest BCUT2D eigenvalue weighted by Crippen LogP contribution is 2.33. The Balaban J connectivity index is 1.55. The van der Waals surface area contributed by atoms with Crippen LogP contribution in [0.1, 0.15) is 54.9 Å². The van der Waals surface area contributed by atoms with E-state index in [-0.39, 0.29) is 17.9 Å². The van der Waals surface area contributed by atoms with Crippen molar-refractivity contribution in [3.63, 3.8) is 0 Å². The van der Waals surface area contributed by atoms with E-state index in [4.69, 9.17) is 0 Å². The van der Waals surface area contributed by atoms with Crippen molar-refractivity contribution in [3.8, 4) is 0 Å². The Hall–Kier alpha value is -3.25. The SMILES string of the molecule is Cc1nc2nc(C(F)(F)F)nn2c(C)c1CC(=O)NN1C(=O)NC2(CCCCC2)C1=O. The number of halogens is 3. The average Bonchev–Trinajstić information content (AvgIpc) is 3.22. The fourth-order valence-corrected chi connectivity index (χ4v) is 4.13. The number of hydrogen-bond acceptors (Lipinski definition) is 6. The minimum atomic E-state index is -4.73. The average molecular weight is 439 g/mol. The first-order valence-corrected chi connectivity index (χ1v) is 9.78. The van der Waals surface area contributed by atoms with Crippen molar-refractivity contribution >= 4 is 23.6 Å². The van der Waals surface area contributed by atoms with Gasteiger partial charge in [-0.1, -0.05) is 19.3 Å². The zero-order chi connectivity index (χ0) is 22.6. The van der Waals surface area contributed by atoms with Crippen molar-refractivity contribution in [1.82, 2.24) is 35.3 Å². The maximum atomic E-state index is 12.9. The van der Waals surface area contributed by atoms with Crippen molar-refractivity contribution in [2.45, 2.75) is 64.1 Å². The Labute approximate surface area is 174 Å². The van der Waals surface area contributed by atoms with Crippen LogP contribution >= 0.6 is 0 Å². The molecule has 2 aliphatic rings. The van der Waals surface area contributed by atoms with Gasteiger partial charge in [-0.25, -0.2) is 14.3 Å². The molecule has 31 heavy (non-hydrogen) atoms. The highest BCUT2D eigenvalue weighted by Gasteiger charge is 2.52. The van der Waals surface area contributed by atoms with Crippen molar-refractivity contribution in [2.24, 2.45) is 0 Å². The number of nitrogens with zero attached hydrogens (tertiary/aromatic N) is 5. The molecule has 10 nitrogen and oxygen atoms in total. The summed E-state index contributed by atoms with van der Waals surface area (Å²) < 4.78 is 39.7. The van der Waals surface area contributed by atoms with E-state index in [0.29, 0.717) is 29.1 Å². The Morgan fingerprint density at radius 3 is 2.48 bits per heavy atom. The highest BCUT2D eigenvalue weighted by atomic mass is 19.4. The van der Waals surface area contributed by atoms with Crippen LogP contribution in [-0.4, -0.2) is 48.0 Å². The monoisotopic (exact) mass is 439 g/mol. The van der Waals surface area contributed by atoms with E-state index in [9.17, 15) is 27.6 Å². The molecule has 1 saturated heterocycles. The quantitative estimate of drug-likeness (QED) is 0.701. The van der Waals surface area contributed by atoms with Crippen LogP contribution in [-0.2, 0) is 22.2 Å². The Morgan fingerprint density at radius 2 is 1.84 bits per heavy atom. The molecule has 1 spiro atoms. The summed E-state index contributed by atoms with van der Waals surface area (Å²) >= 11 is 0. The van der Waals surface area contributed by atoms with Crippen LogP contribution in [0.5, 0.6) is 0 Å². The number of imide groups is 1. The Kier molecular flexibility index (Phi) is 4.85. The molecule has 3 heterocycles. The van der Waals surface area contributed by atoms with E-state index >= 15 is 0 Å². The molecule has 4 rings (SSSR count). The predicted octanol–water partition coefficient (Wildman–Crippen LogP) is 1.59. The van der Waals surface area contributed by atoms with Gasteiger partial charge in [0.15, 0.2) is 0 Å². The smallest absolute Gasteiger partial charge is 0.322 e. The lowest BCUT2D eigenvalue weighted by atomic mass is 9.82. The summed E-state index contributed by atoms with van der Waals surface area (Å²) in [6.45, 7) is 3.02. The van der Waals surface area contributed by atoms with Gasteiger partial charge in [0.2, 0.25) is 5.91 Å². The minimum absolute atomic E-state index is 0.236. The molecule has 0 aromatic carbocycles. The Morgan fingerprint density at radius 1 is 1.16 bits per heavy atom. The summed E-state index contributed by atoms with van der Waals surface area (Å²) in [6.07, 6.45) is -1.45. The van der Waals surface area contributed by atoms with E-state index in [1.807, 2.05) is 0 Å². The number of rotatable bonds is 3. The second-order valence-corrected chi connectivity index (χ2v) is 7.83. The van der Waals surface area contributed by atoms with Gasteiger partial charge in [-0.3, -0.25) is 15.0 Å². The molecule has 0 unspecified atom stereocenters. The first-order chi connectivity index (χ1) is 14.5. The van der Waals surface area contributed by atoms with Crippen LogP contribution in [0.4, 0.5) is 18.0 Å². The molecule has 2 aromatic heterocycles. The molecule has 166 valence electrons. The van der Waals surface area contributed by atoms with Gasteiger partial charge in [0.05, 0.1) is 6.42 Å². The third-order valence-corrected chi connectivity index (χ3v) is 5.75. The van der Waals surface area contributed by atoms with Crippen LogP contribution in [0, 0.1) is 13.8 Å². The van der Waals surface area contributed by atoms with Gasteiger partial charge in [0.25, 0.3) is 17.5 Å². The number of carbonyl (C=O) groups is 3. The zero-order valence-corrected chi connectivity index (χ0v) is 16.8. The third-order valence-electron chi connectivity index (χ3n) is 5.75. The standard InChI is InChI=1S/C18H20F3N7O3/c1-9-11(10(2)27-15(22-9)23-13(26-27)18(19,20)21)8-12(29)25-28-14(30)17(24-16(28)31)6-4-3-5-7-17/h3-8H2,1-2H3,(H,24,31)(H,25,29). The normalized spacial score (nSPS) is 18.7. The van der Waals surface area contributed by atoms with Gasteiger partial charge in [0, 0.05) is 17.0 Å². The lowest BCUT2D eigenvalue weighted by Gasteiger charge is -2.30. The van der Waals surface area contributed by atoms with Gasteiger partial charge in [0.1, 0.15) is 5.54 Å². The summed E-state index contributed by atoms with van der Waals surface area (Å²) in [5, 5.41) is 6.80. The first kappa shape index (κ1) is 21.0. The molecular formula is C18H20F3N7O3. The van der Waals surface area contributed by atoms with E-state index in [0.717, 1.165) is 23.8 Å². The number of aromatic nitrogens is 4. The minimum Gasteiger partial charge on any atom is -0.322 e. The Bertz CT molecular complexity index is 1090. The maximum Gasteiger partial charge on any atom is 0.453 e. The maximum absolute atomic E-state index is 12.9. The van der Waals surface area contributed by atoms with Gasteiger partial charge in [-0.2, -0.15) is 23.2 Å². The summed E-state index contributed by atoms with van der Waals surface area (Å²) in [5.41, 5.74) is 2.20. The summed E-state index contributed by atoms with van der Waals surface area (Å²) in [7, 11) is 0. The first-order valence-electron chi connectivity index (χ1n) is 9.78. The van der Waals surface area contributed by atoms with Crippen molar-refractivity contribution in [2.75, 3.05) is 0 Å². The van der Waals surface area contributed by atoms with E-state index in [2.05, 4.69) is 25.8 Å². The second kappa shape index (κ2) is 7.17. The lowest BCUT2D eigenvalue weighted by molar-refractivity contribution is -0.144. The molecule has 13 heteroatoms. The van der Waals surface area contributed by atoms with Gasteiger partial charge >= 0.3 is 12.2 Å². The summed E-state index contributed by atoms with van der Waals surface area (Å²) in [6, 6.07) is -0.701. The molecule has 2 N–H and O–H groups in total. The second-order valence-electron chi connectivity index (χ2n) is 7.83. The number of aryl methyl sites for hydroxylation is 2. The molecule has 0 atom stereocenters. The van der Waals surface area contributed by atoms with Gasteiger partial charge in [-0.05, 0) is 26.7 Å². The van der Waals surface area contributed by atoms with Crippen LogP contribution in [0.2, 0.25) is 0 Å².